The van der Waals surface area contributed by atoms with Crippen LogP contribution in [0.4, 0.5) is 0 Å². The van der Waals surface area contributed by atoms with Crippen molar-refractivity contribution in [2.24, 2.45) is 4.99 Å². The average molecular weight is 223 g/mol. The number of aromatic nitrogens is 2. The van der Waals surface area contributed by atoms with E-state index in [2.05, 4.69) is 39.0 Å². The SMILES string of the molecule is CC=C1C=C(C#Cc2cncnc2)C=NCC1. The minimum atomic E-state index is 0.813. The fourth-order valence-corrected chi connectivity index (χ4v) is 1.47. The third-order valence-corrected chi connectivity index (χ3v) is 2.38. The van der Waals surface area contributed by atoms with Gasteiger partial charge in [-0.2, -0.15) is 0 Å². The first-order valence-electron chi connectivity index (χ1n) is 5.52. The molecule has 1 aromatic heterocycles. The maximum Gasteiger partial charge on any atom is 0.115 e. The summed E-state index contributed by atoms with van der Waals surface area (Å²) in [6.45, 7) is 2.86. The molecule has 0 saturated heterocycles. The summed E-state index contributed by atoms with van der Waals surface area (Å²) in [6.07, 6.45) is 11.9. The Bertz CT molecular complexity index is 528. The molecule has 0 amide bonds. The van der Waals surface area contributed by atoms with Crippen LogP contribution in [0.15, 0.2) is 47.0 Å². The van der Waals surface area contributed by atoms with Gasteiger partial charge in [-0.1, -0.05) is 17.9 Å². The molecule has 0 spiro atoms. The highest BCUT2D eigenvalue weighted by atomic mass is 14.8. The maximum atomic E-state index is 4.29. The monoisotopic (exact) mass is 223 g/mol. The first-order chi connectivity index (χ1) is 8.38. The molecule has 0 aliphatic carbocycles. The lowest BCUT2D eigenvalue weighted by Gasteiger charge is -1.94. The molecule has 84 valence electrons. The third kappa shape index (κ3) is 3.39. The van der Waals surface area contributed by atoms with Crippen LogP contribution in [0.2, 0.25) is 0 Å². The quantitative estimate of drug-likeness (QED) is 0.632. The van der Waals surface area contributed by atoms with E-state index in [1.807, 2.05) is 13.1 Å². The number of hydrogen-bond donors (Lipinski definition) is 0. The Hall–Kier alpha value is -2.21. The number of hydrogen-bond acceptors (Lipinski definition) is 3. The molecule has 0 radical (unpaired) electrons. The van der Waals surface area contributed by atoms with Crippen molar-refractivity contribution in [3.8, 4) is 11.8 Å². The molecule has 0 aromatic carbocycles. The van der Waals surface area contributed by atoms with Crippen LogP contribution in [-0.2, 0) is 0 Å². The maximum absolute atomic E-state index is 4.29. The lowest BCUT2D eigenvalue weighted by Crippen LogP contribution is -1.83. The van der Waals surface area contributed by atoms with Gasteiger partial charge < -0.3 is 0 Å². The second-order valence-electron chi connectivity index (χ2n) is 3.63. The molecule has 0 N–H and O–H groups in total. The van der Waals surface area contributed by atoms with Crippen molar-refractivity contribution in [3.63, 3.8) is 0 Å². The molecular weight excluding hydrogens is 210 g/mol. The molecule has 0 fully saturated rings. The van der Waals surface area contributed by atoms with Gasteiger partial charge in [-0.25, -0.2) is 9.97 Å². The third-order valence-electron chi connectivity index (χ3n) is 2.38. The summed E-state index contributed by atoms with van der Waals surface area (Å²) in [6, 6.07) is 0. The molecule has 1 aliphatic rings. The van der Waals surface area contributed by atoms with E-state index in [1.165, 1.54) is 11.9 Å². The lowest BCUT2D eigenvalue weighted by molar-refractivity contribution is 0.983. The van der Waals surface area contributed by atoms with Crippen molar-refractivity contribution in [2.45, 2.75) is 13.3 Å². The van der Waals surface area contributed by atoms with Crippen LogP contribution in [0.1, 0.15) is 18.9 Å². The zero-order valence-corrected chi connectivity index (χ0v) is 9.72. The van der Waals surface area contributed by atoms with E-state index in [0.717, 1.165) is 24.1 Å². The van der Waals surface area contributed by atoms with Gasteiger partial charge >= 0.3 is 0 Å². The second kappa shape index (κ2) is 5.76. The average Bonchev–Trinajstić information content (AvgIpc) is 2.62. The summed E-state index contributed by atoms with van der Waals surface area (Å²) in [7, 11) is 0. The minimum Gasteiger partial charge on any atom is -0.292 e. The van der Waals surface area contributed by atoms with Gasteiger partial charge in [-0.15, -0.1) is 0 Å². The highest BCUT2D eigenvalue weighted by Crippen LogP contribution is 2.09. The first-order valence-corrected chi connectivity index (χ1v) is 5.52. The molecule has 2 heterocycles. The molecule has 2 rings (SSSR count). The number of aliphatic imine (C=N–C) groups is 1. The van der Waals surface area contributed by atoms with Gasteiger partial charge in [0.15, 0.2) is 0 Å². The minimum absolute atomic E-state index is 0.813. The van der Waals surface area contributed by atoms with Crippen LogP contribution < -0.4 is 0 Å². The Morgan fingerprint density at radius 3 is 2.82 bits per heavy atom. The van der Waals surface area contributed by atoms with Crippen molar-refractivity contribution in [1.82, 2.24) is 9.97 Å². The Morgan fingerprint density at radius 1 is 1.24 bits per heavy atom. The number of allylic oxidation sites excluding steroid dienone is 3. The van der Waals surface area contributed by atoms with Gasteiger partial charge in [0, 0.05) is 30.7 Å². The predicted octanol–water partition coefficient (Wildman–Crippen LogP) is 2.18. The molecule has 0 saturated carbocycles. The molecule has 3 nitrogen and oxygen atoms in total. The lowest BCUT2D eigenvalue weighted by atomic mass is 10.1. The summed E-state index contributed by atoms with van der Waals surface area (Å²) < 4.78 is 0. The largest absolute Gasteiger partial charge is 0.292 e. The summed E-state index contributed by atoms with van der Waals surface area (Å²) in [4.78, 5) is 12.1. The molecule has 0 atom stereocenters. The highest BCUT2D eigenvalue weighted by molar-refractivity contribution is 5.86. The van der Waals surface area contributed by atoms with Gasteiger partial charge in [0.05, 0.1) is 5.56 Å². The molecular formula is C14H13N3. The van der Waals surface area contributed by atoms with Crippen LogP contribution >= 0.6 is 0 Å². The van der Waals surface area contributed by atoms with Crippen LogP contribution in [0.3, 0.4) is 0 Å². The van der Waals surface area contributed by atoms with Crippen LogP contribution in [0, 0.1) is 11.8 Å². The van der Waals surface area contributed by atoms with E-state index in [4.69, 9.17) is 0 Å². The Labute approximate surface area is 101 Å². The zero-order valence-electron chi connectivity index (χ0n) is 9.72. The topological polar surface area (TPSA) is 38.1 Å². The fourth-order valence-electron chi connectivity index (χ4n) is 1.47. The molecule has 0 unspecified atom stereocenters. The van der Waals surface area contributed by atoms with E-state index >= 15 is 0 Å². The summed E-state index contributed by atoms with van der Waals surface area (Å²) in [5, 5.41) is 0. The van der Waals surface area contributed by atoms with Gasteiger partial charge in [0.2, 0.25) is 0 Å². The smallest absolute Gasteiger partial charge is 0.115 e. The Kier molecular flexibility index (Phi) is 3.82. The fraction of sp³-hybridized carbons (Fsp3) is 0.214. The number of rotatable bonds is 0. The molecule has 17 heavy (non-hydrogen) atoms. The van der Waals surface area contributed by atoms with Crippen molar-refractivity contribution in [1.29, 1.82) is 0 Å². The standard InChI is InChI=1S/C14H13N3/c1-2-12-5-6-15-8-13(7-12)3-4-14-9-16-11-17-10-14/h2,7-11H,5-6H2,1H3. The van der Waals surface area contributed by atoms with Gasteiger partial charge in [-0.05, 0) is 25.0 Å². The Balaban J connectivity index is 2.23. The normalized spacial score (nSPS) is 17.0. The molecule has 3 heteroatoms. The van der Waals surface area contributed by atoms with Gasteiger partial charge in [-0.3, -0.25) is 4.99 Å². The summed E-state index contributed by atoms with van der Waals surface area (Å²) in [5.41, 5.74) is 3.02. The zero-order chi connectivity index (χ0) is 11.9. The highest BCUT2D eigenvalue weighted by Gasteiger charge is 1.98. The molecule has 1 aromatic rings. The second-order valence-corrected chi connectivity index (χ2v) is 3.63. The van der Waals surface area contributed by atoms with E-state index in [-0.39, 0.29) is 0 Å². The van der Waals surface area contributed by atoms with E-state index < -0.39 is 0 Å². The summed E-state index contributed by atoms with van der Waals surface area (Å²) >= 11 is 0. The predicted molar refractivity (Wildman–Crippen MR) is 68.7 cm³/mol. The number of nitrogens with zero attached hydrogens (tertiary/aromatic N) is 3. The van der Waals surface area contributed by atoms with Crippen molar-refractivity contribution < 1.29 is 0 Å². The molecule has 0 bridgehead atoms. The van der Waals surface area contributed by atoms with E-state index in [0.29, 0.717) is 0 Å². The van der Waals surface area contributed by atoms with Crippen molar-refractivity contribution in [2.75, 3.05) is 6.54 Å². The first kappa shape index (κ1) is 11.3. The van der Waals surface area contributed by atoms with Crippen molar-refractivity contribution in [3.05, 3.63) is 47.6 Å². The molecule has 1 aliphatic heterocycles. The van der Waals surface area contributed by atoms with Crippen LogP contribution in [0.5, 0.6) is 0 Å². The Morgan fingerprint density at radius 2 is 2.06 bits per heavy atom. The van der Waals surface area contributed by atoms with Crippen LogP contribution in [-0.4, -0.2) is 22.7 Å². The summed E-state index contributed by atoms with van der Waals surface area (Å²) in [5.74, 6) is 6.11. The van der Waals surface area contributed by atoms with Gasteiger partial charge in [0.1, 0.15) is 6.33 Å². The van der Waals surface area contributed by atoms with Crippen molar-refractivity contribution >= 4 is 6.21 Å². The van der Waals surface area contributed by atoms with E-state index in [9.17, 15) is 0 Å². The van der Waals surface area contributed by atoms with Gasteiger partial charge in [0.25, 0.3) is 0 Å². The van der Waals surface area contributed by atoms with E-state index in [1.54, 1.807) is 12.4 Å². The van der Waals surface area contributed by atoms with Crippen LogP contribution in [0.25, 0.3) is 0 Å².